The van der Waals surface area contributed by atoms with E-state index in [0.29, 0.717) is 0 Å². The number of nitrogens with one attached hydrogen (secondary N) is 1. The molecule has 1 saturated heterocycles. The highest BCUT2D eigenvalue weighted by Crippen LogP contribution is 2.19. The van der Waals surface area contributed by atoms with Crippen LogP contribution in [0.2, 0.25) is 0 Å². The minimum absolute atomic E-state index is 0.135. The molecule has 1 N–H and O–H groups in total. The Morgan fingerprint density at radius 2 is 2.29 bits per heavy atom. The molecule has 1 aromatic carbocycles. The molecule has 0 aliphatic carbocycles. The van der Waals surface area contributed by atoms with Crippen molar-refractivity contribution < 1.29 is 4.79 Å². The Bertz CT molecular complexity index is 559. The molecule has 3 rings (SSSR count). The number of fused-ring (bicyclic) bond motifs is 1. The molecule has 2 heterocycles. The topological polar surface area (TPSA) is 42.0 Å². The van der Waals surface area contributed by atoms with Gasteiger partial charge in [0.1, 0.15) is 0 Å². The summed E-state index contributed by atoms with van der Waals surface area (Å²) in [5.74, 6) is 0.374. The van der Waals surface area contributed by atoms with Gasteiger partial charge in [-0.2, -0.15) is 0 Å². The summed E-state index contributed by atoms with van der Waals surface area (Å²) in [7, 11) is 0. The van der Waals surface area contributed by atoms with Crippen molar-refractivity contribution in [1.82, 2.24) is 10.3 Å². The second kappa shape index (κ2) is 4.26. The zero-order valence-electron chi connectivity index (χ0n) is 9.52. The van der Waals surface area contributed by atoms with E-state index in [2.05, 4.69) is 10.3 Å². The van der Waals surface area contributed by atoms with Crippen LogP contribution in [0.5, 0.6) is 0 Å². The molecular formula is C14H14N2O. The fraction of sp³-hybridized carbons (Fsp3) is 0.286. The predicted molar refractivity (Wildman–Crippen MR) is 67.1 cm³/mol. The summed E-state index contributed by atoms with van der Waals surface area (Å²) in [4.78, 5) is 16.5. The lowest BCUT2D eigenvalue weighted by Gasteiger charge is -2.07. The Kier molecular flexibility index (Phi) is 2.61. The minimum atomic E-state index is 0.135. The smallest absolute Gasteiger partial charge is 0.167 e. The average Bonchev–Trinajstić information content (AvgIpc) is 2.91. The number of nitrogens with zero attached hydrogens (tertiary/aromatic N) is 1. The zero-order chi connectivity index (χ0) is 11.7. The lowest BCUT2D eigenvalue weighted by atomic mass is 9.96. The van der Waals surface area contributed by atoms with E-state index in [1.807, 2.05) is 30.3 Å². The predicted octanol–water partition coefficient (Wildman–Crippen LogP) is 2.03. The van der Waals surface area contributed by atoms with Gasteiger partial charge in [0.15, 0.2) is 5.78 Å². The number of rotatable bonds is 2. The van der Waals surface area contributed by atoms with E-state index in [1.54, 1.807) is 6.20 Å². The highest BCUT2D eigenvalue weighted by Gasteiger charge is 2.23. The summed E-state index contributed by atoms with van der Waals surface area (Å²) >= 11 is 0. The molecule has 2 aromatic rings. The largest absolute Gasteiger partial charge is 0.316 e. The van der Waals surface area contributed by atoms with Gasteiger partial charge < -0.3 is 5.32 Å². The maximum absolute atomic E-state index is 12.2. The van der Waals surface area contributed by atoms with Crippen LogP contribution in [0.4, 0.5) is 0 Å². The van der Waals surface area contributed by atoms with Gasteiger partial charge in [0.2, 0.25) is 0 Å². The Morgan fingerprint density at radius 3 is 3.12 bits per heavy atom. The molecule has 0 saturated carbocycles. The first-order chi connectivity index (χ1) is 8.34. The number of hydrogen-bond acceptors (Lipinski definition) is 3. The van der Waals surface area contributed by atoms with Crippen molar-refractivity contribution in [2.75, 3.05) is 13.1 Å². The van der Waals surface area contributed by atoms with Gasteiger partial charge in [0.25, 0.3) is 0 Å². The first-order valence-electron chi connectivity index (χ1n) is 5.94. The van der Waals surface area contributed by atoms with Crippen LogP contribution >= 0.6 is 0 Å². The van der Waals surface area contributed by atoms with Crippen molar-refractivity contribution in [2.24, 2.45) is 5.92 Å². The lowest BCUT2D eigenvalue weighted by molar-refractivity contribution is 0.0930. The van der Waals surface area contributed by atoms with E-state index in [4.69, 9.17) is 0 Å². The van der Waals surface area contributed by atoms with Gasteiger partial charge in [-0.05, 0) is 25.1 Å². The van der Waals surface area contributed by atoms with E-state index in [1.165, 1.54) is 0 Å². The van der Waals surface area contributed by atoms with Crippen molar-refractivity contribution >= 4 is 16.7 Å². The fourth-order valence-electron chi connectivity index (χ4n) is 2.33. The fourth-order valence-corrected chi connectivity index (χ4v) is 2.33. The van der Waals surface area contributed by atoms with Crippen LogP contribution in [0, 0.1) is 5.92 Å². The van der Waals surface area contributed by atoms with Crippen molar-refractivity contribution in [3.8, 4) is 0 Å². The summed E-state index contributed by atoms with van der Waals surface area (Å²) in [6.45, 7) is 1.75. The van der Waals surface area contributed by atoms with Crippen LogP contribution in [-0.4, -0.2) is 23.9 Å². The maximum atomic E-state index is 12.2. The third kappa shape index (κ3) is 1.94. The first-order valence-corrected chi connectivity index (χ1v) is 5.94. The van der Waals surface area contributed by atoms with E-state index in [9.17, 15) is 4.79 Å². The molecule has 0 amide bonds. The van der Waals surface area contributed by atoms with Crippen molar-refractivity contribution in [3.63, 3.8) is 0 Å². The molecule has 1 atom stereocenters. The molecule has 1 fully saturated rings. The number of hydrogen-bond donors (Lipinski definition) is 1. The van der Waals surface area contributed by atoms with Crippen molar-refractivity contribution in [1.29, 1.82) is 0 Å². The van der Waals surface area contributed by atoms with Crippen LogP contribution < -0.4 is 5.32 Å². The Balaban J connectivity index is 1.97. The van der Waals surface area contributed by atoms with E-state index in [-0.39, 0.29) is 11.7 Å². The van der Waals surface area contributed by atoms with Crippen LogP contribution in [-0.2, 0) is 0 Å². The molecule has 1 aromatic heterocycles. The van der Waals surface area contributed by atoms with Gasteiger partial charge in [-0.3, -0.25) is 9.78 Å². The van der Waals surface area contributed by atoms with Gasteiger partial charge in [0.05, 0.1) is 5.52 Å². The third-order valence-corrected chi connectivity index (χ3v) is 3.32. The van der Waals surface area contributed by atoms with Crippen LogP contribution in [0.3, 0.4) is 0 Å². The molecule has 3 heteroatoms. The molecule has 0 radical (unpaired) electrons. The van der Waals surface area contributed by atoms with Gasteiger partial charge in [-0.1, -0.05) is 18.2 Å². The maximum Gasteiger partial charge on any atom is 0.167 e. The Morgan fingerprint density at radius 1 is 1.35 bits per heavy atom. The molecule has 0 spiro atoms. The highest BCUT2D eigenvalue weighted by atomic mass is 16.1. The second-order valence-corrected chi connectivity index (χ2v) is 4.46. The summed E-state index contributed by atoms with van der Waals surface area (Å²) in [5.41, 5.74) is 1.68. The summed E-state index contributed by atoms with van der Waals surface area (Å²) in [6, 6.07) is 9.69. The summed E-state index contributed by atoms with van der Waals surface area (Å²) in [5, 5.41) is 4.30. The molecule has 1 unspecified atom stereocenters. The molecule has 1 aliphatic rings. The van der Waals surface area contributed by atoms with Gasteiger partial charge >= 0.3 is 0 Å². The molecular weight excluding hydrogens is 212 g/mol. The monoisotopic (exact) mass is 226 g/mol. The van der Waals surface area contributed by atoms with Gasteiger partial charge in [0, 0.05) is 29.6 Å². The minimum Gasteiger partial charge on any atom is -0.316 e. The first kappa shape index (κ1) is 10.4. The lowest BCUT2D eigenvalue weighted by Crippen LogP contribution is -2.17. The standard InChI is InChI=1S/C14H14N2O/c17-14(12-5-7-15-9-12)11-4-3-10-2-1-6-16-13(10)8-11/h1-4,6,8,12,15H,5,7,9H2. The number of carbonyl (C=O) groups is 1. The van der Waals surface area contributed by atoms with E-state index >= 15 is 0 Å². The molecule has 1 aliphatic heterocycles. The number of aromatic nitrogens is 1. The molecule has 17 heavy (non-hydrogen) atoms. The third-order valence-electron chi connectivity index (χ3n) is 3.32. The van der Waals surface area contributed by atoms with E-state index in [0.717, 1.165) is 36.0 Å². The van der Waals surface area contributed by atoms with Crippen LogP contribution in [0.15, 0.2) is 36.5 Å². The Hall–Kier alpha value is -1.74. The quantitative estimate of drug-likeness (QED) is 0.797. The SMILES string of the molecule is O=C(c1ccc2cccnc2c1)C1CCNC1. The Labute approximate surface area is 99.9 Å². The highest BCUT2D eigenvalue weighted by molar-refractivity contribution is 6.00. The number of pyridine rings is 1. The normalized spacial score (nSPS) is 19.6. The van der Waals surface area contributed by atoms with Crippen molar-refractivity contribution in [3.05, 3.63) is 42.1 Å². The number of carbonyl (C=O) groups excluding carboxylic acids is 1. The number of benzene rings is 1. The summed E-state index contributed by atoms with van der Waals surface area (Å²) in [6.07, 6.45) is 2.70. The zero-order valence-corrected chi connectivity index (χ0v) is 9.52. The second-order valence-electron chi connectivity index (χ2n) is 4.46. The van der Waals surface area contributed by atoms with Crippen LogP contribution in [0.1, 0.15) is 16.8 Å². The summed E-state index contributed by atoms with van der Waals surface area (Å²) < 4.78 is 0. The molecule has 0 bridgehead atoms. The van der Waals surface area contributed by atoms with Gasteiger partial charge in [-0.15, -0.1) is 0 Å². The van der Waals surface area contributed by atoms with E-state index < -0.39 is 0 Å². The molecule has 86 valence electrons. The van der Waals surface area contributed by atoms with Crippen molar-refractivity contribution in [2.45, 2.75) is 6.42 Å². The average molecular weight is 226 g/mol. The number of ketones is 1. The van der Waals surface area contributed by atoms with Crippen LogP contribution in [0.25, 0.3) is 10.9 Å². The number of Topliss-reactive ketones (excluding diaryl/α,β-unsaturated/α-hetero) is 1. The van der Waals surface area contributed by atoms with Gasteiger partial charge in [-0.25, -0.2) is 0 Å². The molecule has 3 nitrogen and oxygen atoms in total.